The fourth-order valence-electron chi connectivity index (χ4n) is 1.97. The minimum atomic E-state index is -0.911. The zero-order valence-electron chi connectivity index (χ0n) is 9.12. The van der Waals surface area contributed by atoms with Gasteiger partial charge in [-0.25, -0.2) is 19.4 Å². The van der Waals surface area contributed by atoms with Gasteiger partial charge in [0.05, 0.1) is 11.4 Å². The van der Waals surface area contributed by atoms with Crippen LogP contribution in [-0.2, 0) is 0 Å². The normalized spacial score (nSPS) is 15.9. The van der Waals surface area contributed by atoms with E-state index in [4.69, 9.17) is 10.8 Å². The van der Waals surface area contributed by atoms with Gasteiger partial charge in [-0.2, -0.15) is 5.10 Å². The molecule has 8 nitrogen and oxygen atoms in total. The van der Waals surface area contributed by atoms with Gasteiger partial charge in [0.1, 0.15) is 15.8 Å². The Kier molecular flexibility index (Phi) is 2.50. The van der Waals surface area contributed by atoms with E-state index in [1.165, 1.54) is 11.2 Å². The zero-order valence-corrected chi connectivity index (χ0v) is 11.3. The number of carboxylic acid groups (broad SMARTS) is 1. The number of hydrogen-bond donors (Lipinski definition) is 2. The number of fused-ring (bicyclic) bond motifs is 1. The minimum Gasteiger partial charge on any atom is -0.465 e. The Morgan fingerprint density at radius 3 is 2.89 bits per heavy atom. The van der Waals surface area contributed by atoms with Crippen LogP contribution in [0.2, 0.25) is 0 Å². The molecular weight excluding hydrogens is 351 g/mol. The lowest BCUT2D eigenvalue weighted by Gasteiger charge is -2.36. The molecule has 3 heterocycles. The van der Waals surface area contributed by atoms with Crippen LogP contribution in [0.3, 0.4) is 0 Å². The standard InChI is InChI=1S/C9H9IN6O2/c10-6-5-7(11)12-3-13-8(5)16(14-6)4-1-15(2-4)9(17)18/h3-4H,1-2H2,(H,17,18)(H2,11,12,13). The van der Waals surface area contributed by atoms with Crippen LogP contribution in [0.4, 0.5) is 10.6 Å². The van der Waals surface area contributed by atoms with Gasteiger partial charge in [-0.05, 0) is 22.6 Å². The fourth-order valence-corrected chi connectivity index (χ4v) is 2.72. The monoisotopic (exact) mass is 360 g/mol. The van der Waals surface area contributed by atoms with E-state index in [1.807, 2.05) is 0 Å². The summed E-state index contributed by atoms with van der Waals surface area (Å²) in [6.07, 6.45) is 0.478. The molecule has 94 valence electrons. The van der Waals surface area contributed by atoms with E-state index in [0.717, 1.165) is 9.09 Å². The first-order valence-electron chi connectivity index (χ1n) is 5.20. The van der Waals surface area contributed by atoms with Gasteiger partial charge >= 0.3 is 6.09 Å². The van der Waals surface area contributed by atoms with Crippen LogP contribution in [0.15, 0.2) is 6.33 Å². The molecule has 3 rings (SSSR count). The lowest BCUT2D eigenvalue weighted by molar-refractivity contribution is 0.0825. The van der Waals surface area contributed by atoms with Crippen molar-refractivity contribution in [1.82, 2.24) is 24.6 Å². The van der Waals surface area contributed by atoms with Gasteiger partial charge in [0.15, 0.2) is 5.65 Å². The van der Waals surface area contributed by atoms with E-state index in [2.05, 4.69) is 37.7 Å². The van der Waals surface area contributed by atoms with Crippen molar-refractivity contribution >= 4 is 45.5 Å². The Morgan fingerprint density at radius 1 is 1.50 bits per heavy atom. The van der Waals surface area contributed by atoms with Crippen LogP contribution in [0, 0.1) is 3.70 Å². The zero-order chi connectivity index (χ0) is 12.9. The Bertz CT molecular complexity index is 635. The van der Waals surface area contributed by atoms with Gasteiger partial charge in [-0.1, -0.05) is 0 Å². The molecule has 1 amide bonds. The summed E-state index contributed by atoms with van der Waals surface area (Å²) in [6, 6.07) is 0.0152. The van der Waals surface area contributed by atoms with Crippen molar-refractivity contribution in [2.75, 3.05) is 18.8 Å². The number of nitrogen functional groups attached to an aromatic ring is 1. The average molecular weight is 360 g/mol. The highest BCUT2D eigenvalue weighted by Gasteiger charge is 2.34. The summed E-state index contributed by atoms with van der Waals surface area (Å²) in [6.45, 7) is 0.845. The SMILES string of the molecule is Nc1ncnc2c1c(I)nn2C1CN(C(=O)O)C1. The van der Waals surface area contributed by atoms with Gasteiger partial charge < -0.3 is 15.7 Å². The minimum absolute atomic E-state index is 0.0152. The van der Waals surface area contributed by atoms with Crippen LogP contribution in [0.25, 0.3) is 11.0 Å². The molecule has 2 aromatic rings. The number of nitrogens with zero attached hydrogens (tertiary/aromatic N) is 5. The third-order valence-corrected chi connectivity index (χ3v) is 3.71. The van der Waals surface area contributed by atoms with Crippen molar-refractivity contribution in [3.8, 4) is 0 Å². The molecule has 0 saturated carbocycles. The number of nitrogens with two attached hydrogens (primary N) is 1. The van der Waals surface area contributed by atoms with Crippen molar-refractivity contribution in [2.45, 2.75) is 6.04 Å². The predicted octanol–water partition coefficient (Wildman–Crippen LogP) is 0.548. The van der Waals surface area contributed by atoms with Gasteiger partial charge in [0.2, 0.25) is 0 Å². The highest BCUT2D eigenvalue weighted by molar-refractivity contribution is 14.1. The predicted molar refractivity (Wildman–Crippen MR) is 71.1 cm³/mol. The third-order valence-electron chi connectivity index (χ3n) is 2.95. The molecule has 1 saturated heterocycles. The number of rotatable bonds is 1. The number of halogens is 1. The molecule has 0 aromatic carbocycles. The molecule has 18 heavy (non-hydrogen) atoms. The molecule has 0 bridgehead atoms. The van der Waals surface area contributed by atoms with Gasteiger partial charge in [0, 0.05) is 13.1 Å². The van der Waals surface area contributed by atoms with Crippen molar-refractivity contribution in [3.05, 3.63) is 10.0 Å². The molecule has 0 radical (unpaired) electrons. The van der Waals surface area contributed by atoms with E-state index in [1.54, 1.807) is 4.68 Å². The van der Waals surface area contributed by atoms with E-state index < -0.39 is 6.09 Å². The van der Waals surface area contributed by atoms with Crippen LogP contribution in [-0.4, -0.2) is 48.9 Å². The maximum absolute atomic E-state index is 10.7. The summed E-state index contributed by atoms with van der Waals surface area (Å²) in [5.74, 6) is 0.394. The number of likely N-dealkylation sites (tertiary alicyclic amines) is 1. The third kappa shape index (κ3) is 1.57. The Balaban J connectivity index is 2.00. The molecule has 1 aliphatic heterocycles. The Morgan fingerprint density at radius 2 is 2.22 bits per heavy atom. The maximum Gasteiger partial charge on any atom is 0.407 e. The molecule has 1 aliphatic rings. The van der Waals surface area contributed by atoms with Crippen molar-refractivity contribution in [2.24, 2.45) is 0 Å². The number of aromatic nitrogens is 4. The number of amides is 1. The highest BCUT2D eigenvalue weighted by Crippen LogP contribution is 2.28. The first-order chi connectivity index (χ1) is 8.58. The van der Waals surface area contributed by atoms with Crippen LogP contribution in [0.5, 0.6) is 0 Å². The summed E-state index contributed by atoms with van der Waals surface area (Å²) < 4.78 is 2.46. The summed E-state index contributed by atoms with van der Waals surface area (Å²) >= 11 is 2.08. The second kappa shape index (κ2) is 3.93. The molecule has 1 fully saturated rings. The van der Waals surface area contributed by atoms with Crippen molar-refractivity contribution in [1.29, 1.82) is 0 Å². The number of carbonyl (C=O) groups is 1. The Hall–Kier alpha value is -1.65. The lowest BCUT2D eigenvalue weighted by Crippen LogP contribution is -2.50. The second-order valence-electron chi connectivity index (χ2n) is 4.03. The molecule has 0 atom stereocenters. The lowest BCUT2D eigenvalue weighted by atomic mass is 10.1. The average Bonchev–Trinajstić information content (AvgIpc) is 2.55. The van der Waals surface area contributed by atoms with Crippen LogP contribution in [0.1, 0.15) is 6.04 Å². The van der Waals surface area contributed by atoms with E-state index in [0.29, 0.717) is 24.6 Å². The summed E-state index contributed by atoms with van der Waals surface area (Å²) in [4.78, 5) is 20.2. The Labute approximate surface area is 115 Å². The van der Waals surface area contributed by atoms with Crippen molar-refractivity contribution in [3.63, 3.8) is 0 Å². The topological polar surface area (TPSA) is 110 Å². The molecular formula is C9H9IN6O2. The van der Waals surface area contributed by atoms with E-state index >= 15 is 0 Å². The second-order valence-corrected chi connectivity index (χ2v) is 5.06. The fraction of sp³-hybridized carbons (Fsp3) is 0.333. The van der Waals surface area contributed by atoms with Gasteiger partial charge in [0.25, 0.3) is 0 Å². The van der Waals surface area contributed by atoms with Crippen molar-refractivity contribution < 1.29 is 9.90 Å². The molecule has 2 aromatic heterocycles. The van der Waals surface area contributed by atoms with E-state index in [-0.39, 0.29) is 6.04 Å². The molecule has 3 N–H and O–H groups in total. The largest absolute Gasteiger partial charge is 0.465 e. The summed E-state index contributed by atoms with van der Waals surface area (Å²) in [7, 11) is 0. The smallest absolute Gasteiger partial charge is 0.407 e. The number of hydrogen-bond acceptors (Lipinski definition) is 5. The highest BCUT2D eigenvalue weighted by atomic mass is 127. The molecule has 9 heteroatoms. The first kappa shape index (κ1) is 11.4. The summed E-state index contributed by atoms with van der Waals surface area (Å²) in [5, 5.41) is 13.9. The molecule has 0 unspecified atom stereocenters. The molecule has 0 spiro atoms. The molecule has 0 aliphatic carbocycles. The van der Waals surface area contributed by atoms with Gasteiger partial charge in [-0.15, -0.1) is 0 Å². The maximum atomic E-state index is 10.7. The van der Waals surface area contributed by atoms with Crippen LogP contribution >= 0.6 is 22.6 Å². The quantitative estimate of drug-likeness (QED) is 0.719. The van der Waals surface area contributed by atoms with Gasteiger partial charge in [-0.3, -0.25) is 0 Å². The van der Waals surface area contributed by atoms with Crippen LogP contribution < -0.4 is 5.73 Å². The first-order valence-corrected chi connectivity index (χ1v) is 6.28. The summed E-state index contributed by atoms with van der Waals surface area (Å²) in [5.41, 5.74) is 6.45. The van der Waals surface area contributed by atoms with E-state index in [9.17, 15) is 4.79 Å². The number of anilines is 1.